The van der Waals surface area contributed by atoms with Crippen LogP contribution in [-0.4, -0.2) is 0 Å². The summed E-state index contributed by atoms with van der Waals surface area (Å²) in [6, 6.07) is 6.32. The van der Waals surface area contributed by atoms with Crippen LogP contribution in [0.15, 0.2) is 28.9 Å². The highest BCUT2D eigenvalue weighted by Gasteiger charge is 2.03. The van der Waals surface area contributed by atoms with E-state index in [-0.39, 0.29) is 0 Å². The Labute approximate surface area is 72.0 Å². The van der Waals surface area contributed by atoms with E-state index in [4.69, 9.17) is 4.42 Å². The van der Waals surface area contributed by atoms with Gasteiger partial charge in [-0.25, -0.2) is 0 Å². The van der Waals surface area contributed by atoms with Crippen molar-refractivity contribution in [3.05, 3.63) is 35.6 Å². The summed E-state index contributed by atoms with van der Waals surface area (Å²) in [7, 11) is 0. The van der Waals surface area contributed by atoms with Crippen LogP contribution < -0.4 is 0 Å². The molecule has 2 rings (SSSR count). The smallest absolute Gasteiger partial charge is 0.137 e. The first-order valence-electron chi connectivity index (χ1n) is 4.28. The Balaban J connectivity index is 2.82. The van der Waals surface area contributed by atoms with Crippen molar-refractivity contribution >= 4 is 11.0 Å². The first kappa shape index (κ1) is 7.41. The van der Waals surface area contributed by atoms with E-state index in [1.165, 1.54) is 16.5 Å². The van der Waals surface area contributed by atoms with Gasteiger partial charge in [0.05, 0.1) is 6.26 Å². The second-order valence-electron chi connectivity index (χ2n) is 3.06. The zero-order valence-corrected chi connectivity index (χ0v) is 7.42. The molecule has 0 fully saturated rings. The quantitative estimate of drug-likeness (QED) is 0.623. The summed E-state index contributed by atoms with van der Waals surface area (Å²) >= 11 is 0. The summed E-state index contributed by atoms with van der Waals surface area (Å²) in [5.41, 5.74) is 3.63. The molecule has 0 saturated heterocycles. The first-order chi connectivity index (χ1) is 5.83. The number of hydrogen-bond acceptors (Lipinski definition) is 1. The number of rotatable bonds is 1. The summed E-state index contributed by atoms with van der Waals surface area (Å²) in [5, 5.41) is 1.24. The molecule has 0 atom stereocenters. The maximum absolute atomic E-state index is 5.42. The summed E-state index contributed by atoms with van der Waals surface area (Å²) in [6.07, 6.45) is 2.79. The maximum atomic E-state index is 5.42. The highest BCUT2D eigenvalue weighted by molar-refractivity contribution is 5.83. The van der Waals surface area contributed by atoms with E-state index in [1.54, 1.807) is 6.26 Å². The molecule has 0 saturated carbocycles. The van der Waals surface area contributed by atoms with Crippen LogP contribution in [0, 0.1) is 6.92 Å². The van der Waals surface area contributed by atoms with E-state index in [1.807, 2.05) is 6.07 Å². The third-order valence-electron chi connectivity index (χ3n) is 2.30. The lowest BCUT2D eigenvalue weighted by molar-refractivity contribution is 0.611. The normalized spacial score (nSPS) is 10.8. The van der Waals surface area contributed by atoms with Gasteiger partial charge in [-0.05, 0) is 30.5 Å². The van der Waals surface area contributed by atoms with E-state index < -0.39 is 0 Å². The van der Waals surface area contributed by atoms with Gasteiger partial charge in [-0.1, -0.05) is 19.1 Å². The zero-order valence-electron chi connectivity index (χ0n) is 7.42. The molecule has 0 N–H and O–H groups in total. The molecule has 1 nitrogen and oxygen atoms in total. The van der Waals surface area contributed by atoms with E-state index >= 15 is 0 Å². The molecule has 0 unspecified atom stereocenters. The minimum absolute atomic E-state index is 1.03. The van der Waals surface area contributed by atoms with Crippen LogP contribution in [0.1, 0.15) is 18.1 Å². The fraction of sp³-hybridized carbons (Fsp3) is 0.273. The van der Waals surface area contributed by atoms with Gasteiger partial charge in [-0.2, -0.15) is 0 Å². The number of benzene rings is 1. The van der Waals surface area contributed by atoms with Crippen LogP contribution in [0.5, 0.6) is 0 Å². The average Bonchev–Trinajstić information content (AvgIpc) is 2.54. The Bertz CT molecular complexity index is 398. The monoisotopic (exact) mass is 160 g/mol. The van der Waals surface area contributed by atoms with Crippen molar-refractivity contribution in [2.45, 2.75) is 20.3 Å². The SMILES string of the molecule is CCc1ccc(C)c2ccoc12. The molecule has 1 aromatic carbocycles. The summed E-state index contributed by atoms with van der Waals surface area (Å²) in [6.45, 7) is 4.25. The predicted molar refractivity (Wildman–Crippen MR) is 50.3 cm³/mol. The largest absolute Gasteiger partial charge is 0.464 e. The van der Waals surface area contributed by atoms with Gasteiger partial charge in [0.25, 0.3) is 0 Å². The summed E-state index contributed by atoms with van der Waals surface area (Å²) in [4.78, 5) is 0. The number of furan rings is 1. The van der Waals surface area contributed by atoms with Crippen molar-refractivity contribution < 1.29 is 4.42 Å². The van der Waals surface area contributed by atoms with Gasteiger partial charge in [0.1, 0.15) is 5.58 Å². The maximum Gasteiger partial charge on any atom is 0.137 e. The zero-order chi connectivity index (χ0) is 8.55. The minimum atomic E-state index is 1.03. The van der Waals surface area contributed by atoms with Crippen molar-refractivity contribution in [2.24, 2.45) is 0 Å². The van der Waals surface area contributed by atoms with E-state index in [0.717, 1.165) is 12.0 Å². The minimum Gasteiger partial charge on any atom is -0.464 e. The molecule has 62 valence electrons. The second-order valence-corrected chi connectivity index (χ2v) is 3.06. The Hall–Kier alpha value is -1.24. The molecule has 0 spiro atoms. The molecule has 0 aliphatic heterocycles. The van der Waals surface area contributed by atoms with Gasteiger partial charge in [0, 0.05) is 5.39 Å². The number of hydrogen-bond donors (Lipinski definition) is 0. The van der Waals surface area contributed by atoms with Crippen molar-refractivity contribution in [3.63, 3.8) is 0 Å². The standard InChI is InChI=1S/C11H12O/c1-3-9-5-4-8(2)10-6-7-12-11(9)10/h4-7H,3H2,1-2H3. The van der Waals surface area contributed by atoms with Crippen molar-refractivity contribution in [3.8, 4) is 0 Å². The number of fused-ring (bicyclic) bond motifs is 1. The van der Waals surface area contributed by atoms with Crippen LogP contribution in [-0.2, 0) is 6.42 Å². The van der Waals surface area contributed by atoms with Crippen LogP contribution in [0.2, 0.25) is 0 Å². The van der Waals surface area contributed by atoms with Gasteiger partial charge in [0.15, 0.2) is 0 Å². The van der Waals surface area contributed by atoms with E-state index in [0.29, 0.717) is 0 Å². The lowest BCUT2D eigenvalue weighted by Gasteiger charge is -1.99. The van der Waals surface area contributed by atoms with Gasteiger partial charge in [-0.3, -0.25) is 0 Å². The Morgan fingerprint density at radius 1 is 1.25 bits per heavy atom. The van der Waals surface area contributed by atoms with Gasteiger partial charge < -0.3 is 4.42 Å². The molecule has 1 heteroatoms. The van der Waals surface area contributed by atoms with Crippen molar-refractivity contribution in [1.82, 2.24) is 0 Å². The lowest BCUT2D eigenvalue weighted by Crippen LogP contribution is -1.82. The van der Waals surface area contributed by atoms with Crippen LogP contribution in [0.4, 0.5) is 0 Å². The fourth-order valence-corrected chi connectivity index (χ4v) is 1.54. The Kier molecular flexibility index (Phi) is 1.65. The third kappa shape index (κ3) is 0.934. The summed E-state index contributed by atoms with van der Waals surface area (Å²) < 4.78 is 5.42. The van der Waals surface area contributed by atoms with Crippen LogP contribution >= 0.6 is 0 Å². The van der Waals surface area contributed by atoms with Gasteiger partial charge >= 0.3 is 0 Å². The number of aryl methyl sites for hydroxylation is 2. The van der Waals surface area contributed by atoms with Crippen LogP contribution in [0.3, 0.4) is 0 Å². The van der Waals surface area contributed by atoms with Gasteiger partial charge in [-0.15, -0.1) is 0 Å². The molecular formula is C11H12O. The van der Waals surface area contributed by atoms with Crippen molar-refractivity contribution in [1.29, 1.82) is 0 Å². The molecule has 0 aliphatic rings. The Morgan fingerprint density at radius 3 is 2.83 bits per heavy atom. The Morgan fingerprint density at radius 2 is 2.08 bits per heavy atom. The third-order valence-corrected chi connectivity index (χ3v) is 2.30. The topological polar surface area (TPSA) is 13.1 Å². The molecule has 1 aromatic heterocycles. The molecule has 0 radical (unpaired) electrons. The van der Waals surface area contributed by atoms with Crippen molar-refractivity contribution in [2.75, 3.05) is 0 Å². The molecule has 0 aliphatic carbocycles. The molecule has 2 aromatic rings. The second kappa shape index (κ2) is 2.67. The fourth-order valence-electron chi connectivity index (χ4n) is 1.54. The van der Waals surface area contributed by atoms with Crippen LogP contribution in [0.25, 0.3) is 11.0 Å². The molecular weight excluding hydrogens is 148 g/mol. The first-order valence-corrected chi connectivity index (χ1v) is 4.28. The van der Waals surface area contributed by atoms with Gasteiger partial charge in [0.2, 0.25) is 0 Å². The molecule has 0 amide bonds. The molecule has 1 heterocycles. The molecule has 12 heavy (non-hydrogen) atoms. The lowest BCUT2D eigenvalue weighted by atomic mass is 10.1. The average molecular weight is 160 g/mol. The summed E-state index contributed by atoms with van der Waals surface area (Å²) in [5.74, 6) is 0. The predicted octanol–water partition coefficient (Wildman–Crippen LogP) is 3.30. The highest BCUT2D eigenvalue weighted by atomic mass is 16.3. The van der Waals surface area contributed by atoms with E-state index in [9.17, 15) is 0 Å². The molecule has 0 bridgehead atoms. The van der Waals surface area contributed by atoms with E-state index in [2.05, 4.69) is 26.0 Å². The highest BCUT2D eigenvalue weighted by Crippen LogP contribution is 2.23.